The normalized spacial score (nSPS) is 15.1. The molecule has 4 heteroatoms. The van der Waals surface area contributed by atoms with Crippen LogP contribution >= 0.6 is 0 Å². The fourth-order valence-electron chi connectivity index (χ4n) is 1.43. The number of nitrogens with zero attached hydrogens (tertiary/aromatic N) is 1. The molecule has 1 saturated carbocycles. The smallest absolute Gasteiger partial charge is 0.214 e. The summed E-state index contributed by atoms with van der Waals surface area (Å²) in [5, 5.41) is 0. The van der Waals surface area contributed by atoms with Crippen molar-refractivity contribution in [1.29, 1.82) is 0 Å². The summed E-state index contributed by atoms with van der Waals surface area (Å²) in [6.07, 6.45) is 2.99. The van der Waals surface area contributed by atoms with E-state index >= 15 is 0 Å². The van der Waals surface area contributed by atoms with Gasteiger partial charge in [0.15, 0.2) is 0 Å². The van der Waals surface area contributed by atoms with Crippen LogP contribution in [0.15, 0.2) is 18.2 Å². The van der Waals surface area contributed by atoms with Gasteiger partial charge in [-0.1, -0.05) is 0 Å². The summed E-state index contributed by atoms with van der Waals surface area (Å²) in [5.74, 6) is 0. The molecule has 1 aromatic rings. The first-order valence-electron chi connectivity index (χ1n) is 4.61. The molecule has 0 saturated heterocycles. The molecule has 4 N–H and O–H groups in total. The zero-order chi connectivity index (χ0) is 10.1. The first-order valence-corrected chi connectivity index (χ1v) is 4.61. The molecule has 1 amide bonds. The van der Waals surface area contributed by atoms with E-state index in [1.165, 1.54) is 0 Å². The highest BCUT2D eigenvalue weighted by molar-refractivity contribution is 5.81. The molecule has 0 spiro atoms. The quantitative estimate of drug-likeness (QED) is 0.552. The van der Waals surface area contributed by atoms with Crippen LogP contribution in [0.2, 0.25) is 0 Å². The molecular formula is C10H13N3O. The van der Waals surface area contributed by atoms with Crippen molar-refractivity contribution < 1.29 is 4.79 Å². The van der Waals surface area contributed by atoms with Crippen LogP contribution in [0, 0.1) is 0 Å². The lowest BCUT2D eigenvalue weighted by Gasteiger charge is -2.17. The summed E-state index contributed by atoms with van der Waals surface area (Å²) in [4.78, 5) is 12.5. The van der Waals surface area contributed by atoms with Gasteiger partial charge in [-0.2, -0.15) is 0 Å². The first-order chi connectivity index (χ1) is 6.72. The molecule has 4 nitrogen and oxygen atoms in total. The standard InChI is InChI=1S/C10H13N3O/c11-9-4-3-8(5-10(9)12)13(6-14)7-1-2-7/h3-7H,1-2,11-12H2. The average molecular weight is 191 g/mol. The van der Waals surface area contributed by atoms with Crippen LogP contribution in [0.25, 0.3) is 0 Å². The highest BCUT2D eigenvalue weighted by atomic mass is 16.1. The van der Waals surface area contributed by atoms with Crippen molar-refractivity contribution in [3.63, 3.8) is 0 Å². The highest BCUT2D eigenvalue weighted by Gasteiger charge is 2.29. The van der Waals surface area contributed by atoms with Crippen LogP contribution in [0.3, 0.4) is 0 Å². The lowest BCUT2D eigenvalue weighted by Crippen LogP contribution is -2.23. The van der Waals surface area contributed by atoms with E-state index in [0.717, 1.165) is 24.9 Å². The number of hydrogen-bond donors (Lipinski definition) is 2. The Balaban J connectivity index is 2.29. The van der Waals surface area contributed by atoms with Gasteiger partial charge in [0.25, 0.3) is 0 Å². The molecule has 0 radical (unpaired) electrons. The van der Waals surface area contributed by atoms with E-state index in [0.29, 0.717) is 17.4 Å². The molecule has 0 aliphatic heterocycles. The van der Waals surface area contributed by atoms with Gasteiger partial charge in [-0.15, -0.1) is 0 Å². The van der Waals surface area contributed by atoms with Gasteiger partial charge >= 0.3 is 0 Å². The Hall–Kier alpha value is -1.71. The number of hydrogen-bond acceptors (Lipinski definition) is 3. The van der Waals surface area contributed by atoms with E-state index in [4.69, 9.17) is 11.5 Å². The summed E-state index contributed by atoms with van der Waals surface area (Å²) in [6, 6.07) is 5.64. The Morgan fingerprint density at radius 1 is 1.29 bits per heavy atom. The molecule has 74 valence electrons. The van der Waals surface area contributed by atoms with Crippen molar-refractivity contribution in [2.45, 2.75) is 18.9 Å². The van der Waals surface area contributed by atoms with E-state index in [1.54, 1.807) is 17.0 Å². The molecule has 0 aromatic heterocycles. The minimum atomic E-state index is 0.357. The summed E-state index contributed by atoms with van der Waals surface area (Å²) < 4.78 is 0. The third kappa shape index (κ3) is 1.51. The molecule has 0 bridgehead atoms. The van der Waals surface area contributed by atoms with Crippen LogP contribution in [-0.2, 0) is 4.79 Å². The molecule has 1 fully saturated rings. The second kappa shape index (κ2) is 3.21. The fourth-order valence-corrected chi connectivity index (χ4v) is 1.43. The minimum Gasteiger partial charge on any atom is -0.397 e. The Morgan fingerprint density at radius 3 is 2.50 bits per heavy atom. The average Bonchev–Trinajstić information content (AvgIpc) is 2.96. The molecule has 1 aromatic carbocycles. The number of benzene rings is 1. The largest absolute Gasteiger partial charge is 0.397 e. The summed E-state index contributed by atoms with van der Waals surface area (Å²) in [7, 11) is 0. The molecule has 1 aliphatic rings. The molecule has 0 unspecified atom stereocenters. The summed E-state index contributed by atoms with van der Waals surface area (Å²) in [5.41, 5.74) is 13.2. The first kappa shape index (κ1) is 8.87. The Bertz CT molecular complexity index is 360. The maximum atomic E-state index is 10.8. The second-order valence-corrected chi connectivity index (χ2v) is 3.56. The van der Waals surface area contributed by atoms with Crippen molar-refractivity contribution in [2.24, 2.45) is 0 Å². The summed E-state index contributed by atoms with van der Waals surface area (Å²) >= 11 is 0. The van der Waals surface area contributed by atoms with Gasteiger partial charge in [-0.05, 0) is 31.0 Å². The van der Waals surface area contributed by atoms with Crippen LogP contribution in [0.1, 0.15) is 12.8 Å². The number of anilines is 3. The van der Waals surface area contributed by atoms with Crippen molar-refractivity contribution >= 4 is 23.5 Å². The fraction of sp³-hybridized carbons (Fsp3) is 0.300. The van der Waals surface area contributed by atoms with Gasteiger partial charge in [0.1, 0.15) is 0 Å². The predicted octanol–water partition coefficient (Wildman–Crippen LogP) is 0.976. The molecule has 1 aliphatic carbocycles. The second-order valence-electron chi connectivity index (χ2n) is 3.56. The zero-order valence-electron chi connectivity index (χ0n) is 7.81. The van der Waals surface area contributed by atoms with Crippen molar-refractivity contribution in [1.82, 2.24) is 0 Å². The molecule has 0 heterocycles. The van der Waals surface area contributed by atoms with E-state index in [2.05, 4.69) is 0 Å². The zero-order valence-corrected chi connectivity index (χ0v) is 7.81. The van der Waals surface area contributed by atoms with Crippen molar-refractivity contribution in [2.75, 3.05) is 16.4 Å². The van der Waals surface area contributed by atoms with E-state index in [-0.39, 0.29) is 0 Å². The number of amides is 1. The van der Waals surface area contributed by atoms with Crippen LogP contribution in [0.4, 0.5) is 17.1 Å². The minimum absolute atomic E-state index is 0.357. The van der Waals surface area contributed by atoms with Gasteiger partial charge in [0, 0.05) is 11.7 Å². The number of nitrogens with two attached hydrogens (primary N) is 2. The van der Waals surface area contributed by atoms with E-state index in [1.807, 2.05) is 6.07 Å². The molecule has 2 rings (SSSR count). The topological polar surface area (TPSA) is 72.3 Å². The third-order valence-corrected chi connectivity index (χ3v) is 2.42. The van der Waals surface area contributed by atoms with Gasteiger partial charge < -0.3 is 16.4 Å². The molecule has 14 heavy (non-hydrogen) atoms. The Kier molecular flexibility index (Phi) is 2.04. The number of nitrogen functional groups attached to an aromatic ring is 2. The van der Waals surface area contributed by atoms with Gasteiger partial charge in [-0.25, -0.2) is 0 Å². The van der Waals surface area contributed by atoms with Gasteiger partial charge in [0.2, 0.25) is 6.41 Å². The van der Waals surface area contributed by atoms with Gasteiger partial charge in [-0.3, -0.25) is 4.79 Å². The van der Waals surface area contributed by atoms with Crippen LogP contribution in [-0.4, -0.2) is 12.5 Å². The van der Waals surface area contributed by atoms with Crippen LogP contribution in [0.5, 0.6) is 0 Å². The van der Waals surface area contributed by atoms with E-state index in [9.17, 15) is 4.79 Å². The van der Waals surface area contributed by atoms with E-state index < -0.39 is 0 Å². The van der Waals surface area contributed by atoms with Crippen LogP contribution < -0.4 is 16.4 Å². The molecular weight excluding hydrogens is 178 g/mol. The van der Waals surface area contributed by atoms with Crippen molar-refractivity contribution in [3.05, 3.63) is 18.2 Å². The lowest BCUT2D eigenvalue weighted by molar-refractivity contribution is -0.107. The number of rotatable bonds is 3. The maximum absolute atomic E-state index is 10.8. The highest BCUT2D eigenvalue weighted by Crippen LogP contribution is 2.32. The summed E-state index contributed by atoms with van der Waals surface area (Å²) in [6.45, 7) is 0. The third-order valence-electron chi connectivity index (χ3n) is 2.42. The lowest BCUT2D eigenvalue weighted by atomic mass is 10.2. The predicted molar refractivity (Wildman–Crippen MR) is 56.8 cm³/mol. The number of carbonyl (C=O) groups excluding carboxylic acids is 1. The van der Waals surface area contributed by atoms with Crippen molar-refractivity contribution in [3.8, 4) is 0 Å². The Morgan fingerprint density at radius 2 is 2.00 bits per heavy atom. The molecule has 0 atom stereocenters. The SMILES string of the molecule is Nc1ccc(N(C=O)C2CC2)cc1N. The van der Waals surface area contributed by atoms with Gasteiger partial charge in [0.05, 0.1) is 11.4 Å². The Labute approximate surface area is 82.5 Å². The number of carbonyl (C=O) groups is 1. The maximum Gasteiger partial charge on any atom is 0.214 e. The monoisotopic (exact) mass is 191 g/mol.